The van der Waals surface area contributed by atoms with Crippen molar-refractivity contribution in [2.75, 3.05) is 6.54 Å². The molecule has 0 bridgehead atoms. The summed E-state index contributed by atoms with van der Waals surface area (Å²) in [5.74, 6) is -0.0628. The van der Waals surface area contributed by atoms with Gasteiger partial charge < -0.3 is 5.32 Å². The Balaban J connectivity index is 1.74. The molecule has 0 aliphatic rings. The lowest BCUT2D eigenvalue weighted by atomic mass is 10.0. The van der Waals surface area contributed by atoms with Gasteiger partial charge >= 0.3 is 0 Å². The third-order valence-electron chi connectivity index (χ3n) is 3.44. The van der Waals surface area contributed by atoms with Gasteiger partial charge in [-0.1, -0.05) is 19.1 Å². The summed E-state index contributed by atoms with van der Waals surface area (Å²) in [4.78, 5) is 11.8. The first-order valence-electron chi connectivity index (χ1n) is 7.04. The van der Waals surface area contributed by atoms with Gasteiger partial charge in [-0.15, -0.1) is 0 Å². The van der Waals surface area contributed by atoms with E-state index in [1.807, 2.05) is 20.2 Å². The summed E-state index contributed by atoms with van der Waals surface area (Å²) < 4.78 is 14.6. The fourth-order valence-electron chi connectivity index (χ4n) is 2.12. The highest BCUT2D eigenvalue weighted by atomic mass is 19.1. The molecular weight excluding hydrogens is 269 g/mol. The van der Waals surface area contributed by atoms with Crippen molar-refractivity contribution in [3.8, 4) is 0 Å². The van der Waals surface area contributed by atoms with Gasteiger partial charge in [0.05, 0.1) is 6.20 Å². The number of carbonyl (C=O) groups excluding carboxylic acids is 1. The van der Waals surface area contributed by atoms with E-state index in [2.05, 4.69) is 10.4 Å². The molecule has 0 fully saturated rings. The third kappa shape index (κ3) is 4.70. The summed E-state index contributed by atoms with van der Waals surface area (Å²) in [7, 11) is 1.86. The SMILES string of the molecule is CC(CNC(=O)CCc1cnn(C)c1)c1ccc(F)cc1. The molecular formula is C16H20FN3O. The minimum Gasteiger partial charge on any atom is -0.355 e. The summed E-state index contributed by atoms with van der Waals surface area (Å²) in [5.41, 5.74) is 2.07. The van der Waals surface area contributed by atoms with Crippen LogP contribution in [0.1, 0.15) is 30.4 Å². The van der Waals surface area contributed by atoms with Crippen LogP contribution in [0.2, 0.25) is 0 Å². The standard InChI is InChI=1S/C16H20FN3O/c1-12(14-4-6-15(17)7-5-14)9-18-16(21)8-3-13-10-19-20(2)11-13/h4-7,10-12H,3,8-9H2,1-2H3,(H,18,21). The predicted octanol–water partition coefficient (Wildman–Crippen LogP) is 2.41. The molecule has 1 unspecified atom stereocenters. The molecule has 21 heavy (non-hydrogen) atoms. The van der Waals surface area contributed by atoms with Gasteiger partial charge in [0.15, 0.2) is 0 Å². The zero-order valence-corrected chi connectivity index (χ0v) is 12.3. The first-order valence-corrected chi connectivity index (χ1v) is 7.04. The fourth-order valence-corrected chi connectivity index (χ4v) is 2.12. The highest BCUT2D eigenvalue weighted by Crippen LogP contribution is 2.14. The Bertz CT molecular complexity index is 592. The maximum atomic E-state index is 12.9. The molecule has 1 aromatic heterocycles. The molecule has 2 rings (SSSR count). The lowest BCUT2D eigenvalue weighted by Crippen LogP contribution is -2.27. The smallest absolute Gasteiger partial charge is 0.220 e. The third-order valence-corrected chi connectivity index (χ3v) is 3.44. The molecule has 0 aliphatic carbocycles. The lowest BCUT2D eigenvalue weighted by molar-refractivity contribution is -0.121. The molecule has 1 heterocycles. The molecule has 0 spiro atoms. The zero-order chi connectivity index (χ0) is 15.2. The van der Waals surface area contributed by atoms with Crippen molar-refractivity contribution in [2.24, 2.45) is 7.05 Å². The topological polar surface area (TPSA) is 46.9 Å². The number of amides is 1. The van der Waals surface area contributed by atoms with Crippen molar-refractivity contribution in [3.05, 3.63) is 53.6 Å². The van der Waals surface area contributed by atoms with Crippen molar-refractivity contribution in [1.82, 2.24) is 15.1 Å². The molecule has 112 valence electrons. The average Bonchev–Trinajstić information content (AvgIpc) is 2.89. The van der Waals surface area contributed by atoms with Crippen molar-refractivity contribution in [3.63, 3.8) is 0 Å². The summed E-state index contributed by atoms with van der Waals surface area (Å²) in [6.07, 6.45) is 4.81. The Kier molecular flexibility index (Phi) is 5.09. The number of carbonyl (C=O) groups is 1. The Labute approximate surface area is 124 Å². The molecule has 1 atom stereocenters. The van der Waals surface area contributed by atoms with Gasteiger partial charge in [0.2, 0.25) is 5.91 Å². The molecule has 0 saturated heterocycles. The van der Waals surface area contributed by atoms with E-state index < -0.39 is 0 Å². The number of aromatic nitrogens is 2. The Hall–Kier alpha value is -2.17. The van der Waals surface area contributed by atoms with E-state index >= 15 is 0 Å². The highest BCUT2D eigenvalue weighted by molar-refractivity contribution is 5.76. The second kappa shape index (κ2) is 7.02. The largest absolute Gasteiger partial charge is 0.355 e. The van der Waals surface area contributed by atoms with E-state index in [4.69, 9.17) is 0 Å². The van der Waals surface area contributed by atoms with Crippen LogP contribution in [0.25, 0.3) is 0 Å². The molecule has 0 saturated carbocycles. The van der Waals surface area contributed by atoms with Gasteiger partial charge in [-0.3, -0.25) is 9.48 Å². The number of aryl methyl sites for hydroxylation is 2. The van der Waals surface area contributed by atoms with Crippen molar-refractivity contribution < 1.29 is 9.18 Å². The molecule has 5 heteroatoms. The van der Waals surface area contributed by atoms with Gasteiger partial charge in [0.1, 0.15) is 5.82 Å². The van der Waals surface area contributed by atoms with Crippen LogP contribution in [-0.4, -0.2) is 22.2 Å². The average molecular weight is 289 g/mol. The van der Waals surface area contributed by atoms with Crippen LogP contribution < -0.4 is 5.32 Å². The van der Waals surface area contributed by atoms with Gasteiger partial charge in [-0.05, 0) is 35.6 Å². The molecule has 2 aromatic rings. The van der Waals surface area contributed by atoms with Crippen LogP contribution in [0.4, 0.5) is 4.39 Å². The van der Waals surface area contributed by atoms with Crippen LogP contribution in [0.5, 0.6) is 0 Å². The first kappa shape index (κ1) is 15.2. The van der Waals surface area contributed by atoms with Crippen LogP contribution >= 0.6 is 0 Å². The summed E-state index contributed by atoms with van der Waals surface area (Å²) in [6, 6.07) is 6.38. The number of halogens is 1. The van der Waals surface area contributed by atoms with Crippen LogP contribution in [-0.2, 0) is 18.3 Å². The molecule has 4 nitrogen and oxygen atoms in total. The van der Waals surface area contributed by atoms with E-state index in [-0.39, 0.29) is 17.6 Å². The van der Waals surface area contributed by atoms with Crippen molar-refractivity contribution in [1.29, 1.82) is 0 Å². The second-order valence-electron chi connectivity index (χ2n) is 5.28. The Morgan fingerprint density at radius 3 is 2.71 bits per heavy atom. The number of nitrogens with zero attached hydrogens (tertiary/aromatic N) is 2. The number of benzene rings is 1. The number of nitrogens with one attached hydrogen (secondary N) is 1. The van der Waals surface area contributed by atoms with Crippen molar-refractivity contribution in [2.45, 2.75) is 25.7 Å². The van der Waals surface area contributed by atoms with Crippen LogP contribution in [0, 0.1) is 5.82 Å². The fraction of sp³-hybridized carbons (Fsp3) is 0.375. The summed E-state index contributed by atoms with van der Waals surface area (Å²) in [5, 5.41) is 6.98. The highest BCUT2D eigenvalue weighted by Gasteiger charge is 2.08. The van der Waals surface area contributed by atoms with E-state index in [1.54, 1.807) is 23.0 Å². The molecule has 1 aromatic carbocycles. The maximum Gasteiger partial charge on any atom is 0.220 e. The minimum absolute atomic E-state index is 0.0211. The normalized spacial score (nSPS) is 12.1. The van der Waals surface area contributed by atoms with Crippen LogP contribution in [0.15, 0.2) is 36.7 Å². The van der Waals surface area contributed by atoms with E-state index in [9.17, 15) is 9.18 Å². The van der Waals surface area contributed by atoms with Gasteiger partial charge in [0.25, 0.3) is 0 Å². The van der Waals surface area contributed by atoms with Crippen molar-refractivity contribution >= 4 is 5.91 Å². The maximum absolute atomic E-state index is 12.9. The molecule has 0 aliphatic heterocycles. The predicted molar refractivity (Wildman–Crippen MR) is 79.4 cm³/mol. The zero-order valence-electron chi connectivity index (χ0n) is 12.3. The summed E-state index contributed by atoms with van der Waals surface area (Å²) in [6.45, 7) is 2.56. The first-order chi connectivity index (χ1) is 10.0. The molecule has 1 amide bonds. The Morgan fingerprint density at radius 1 is 1.38 bits per heavy atom. The van der Waals surface area contributed by atoms with E-state index in [0.717, 1.165) is 11.1 Å². The molecule has 0 radical (unpaired) electrons. The van der Waals surface area contributed by atoms with Gasteiger partial charge in [0, 0.05) is 26.2 Å². The lowest BCUT2D eigenvalue weighted by Gasteiger charge is -2.13. The van der Waals surface area contributed by atoms with E-state index in [1.165, 1.54) is 12.1 Å². The Morgan fingerprint density at radius 2 is 2.10 bits per heavy atom. The number of hydrogen-bond donors (Lipinski definition) is 1. The minimum atomic E-state index is -0.244. The van der Waals surface area contributed by atoms with E-state index in [0.29, 0.717) is 19.4 Å². The van der Waals surface area contributed by atoms with Gasteiger partial charge in [-0.25, -0.2) is 4.39 Å². The van der Waals surface area contributed by atoms with Gasteiger partial charge in [-0.2, -0.15) is 5.10 Å². The summed E-state index contributed by atoms with van der Waals surface area (Å²) >= 11 is 0. The van der Waals surface area contributed by atoms with Crippen LogP contribution in [0.3, 0.4) is 0 Å². The second-order valence-corrected chi connectivity index (χ2v) is 5.28. The number of rotatable bonds is 6. The number of hydrogen-bond acceptors (Lipinski definition) is 2. The molecule has 1 N–H and O–H groups in total. The quantitative estimate of drug-likeness (QED) is 0.887. The monoisotopic (exact) mass is 289 g/mol.